The van der Waals surface area contributed by atoms with E-state index < -0.39 is 0 Å². The minimum absolute atomic E-state index is 0.532. The van der Waals surface area contributed by atoms with Gasteiger partial charge in [-0.3, -0.25) is 4.90 Å². The minimum atomic E-state index is 0.532. The molecule has 1 fully saturated rings. The summed E-state index contributed by atoms with van der Waals surface area (Å²) in [5.41, 5.74) is 1.47. The monoisotopic (exact) mass is 282 g/mol. The summed E-state index contributed by atoms with van der Waals surface area (Å²) in [6.07, 6.45) is 3.99. The third kappa shape index (κ3) is 3.12. The third-order valence-electron chi connectivity index (χ3n) is 4.84. The van der Waals surface area contributed by atoms with Crippen LogP contribution < -0.4 is 5.32 Å². The Bertz CT molecular complexity index is 593. The van der Waals surface area contributed by atoms with E-state index in [1.54, 1.807) is 0 Å². The van der Waals surface area contributed by atoms with E-state index in [9.17, 15) is 0 Å². The van der Waals surface area contributed by atoms with Gasteiger partial charge in [0.05, 0.1) is 0 Å². The molecular weight excluding hydrogens is 256 g/mol. The number of rotatable bonds is 3. The maximum atomic E-state index is 3.40. The average Bonchev–Trinajstić information content (AvgIpc) is 2.69. The first-order chi connectivity index (χ1) is 10.3. The standard InChI is InChI=1S/C19H26N2/c1-20-14-18-9-5-6-12-21(2)19(18)17-11-10-15-7-3-4-8-16(15)13-17/h3-4,7-8,10-11,13,18-20H,5-6,9,12,14H2,1-2H3. The van der Waals surface area contributed by atoms with Crippen molar-refractivity contribution in [1.82, 2.24) is 10.2 Å². The van der Waals surface area contributed by atoms with Crippen molar-refractivity contribution < 1.29 is 0 Å². The highest BCUT2D eigenvalue weighted by atomic mass is 15.1. The summed E-state index contributed by atoms with van der Waals surface area (Å²) in [7, 11) is 4.36. The predicted octanol–water partition coefficient (Wildman–Crippen LogP) is 3.83. The normalized spacial score (nSPS) is 24.1. The first-order valence-electron chi connectivity index (χ1n) is 8.13. The SMILES string of the molecule is CNCC1CCCCN(C)C1c1ccc2ccccc2c1. The van der Waals surface area contributed by atoms with Gasteiger partial charge in [-0.15, -0.1) is 0 Å². The molecule has 3 rings (SSSR count). The summed E-state index contributed by atoms with van der Waals surface area (Å²) in [5.74, 6) is 0.698. The van der Waals surface area contributed by atoms with E-state index in [1.165, 1.54) is 42.1 Å². The molecule has 0 aliphatic carbocycles. The van der Waals surface area contributed by atoms with Gasteiger partial charge in [0.25, 0.3) is 0 Å². The highest BCUT2D eigenvalue weighted by Crippen LogP contribution is 2.35. The van der Waals surface area contributed by atoms with Crippen LogP contribution in [0.3, 0.4) is 0 Å². The Morgan fingerprint density at radius 1 is 1.10 bits per heavy atom. The smallest absolute Gasteiger partial charge is 0.0385 e. The Kier molecular flexibility index (Phi) is 4.57. The van der Waals surface area contributed by atoms with Crippen molar-refractivity contribution in [3.63, 3.8) is 0 Å². The molecule has 112 valence electrons. The lowest BCUT2D eigenvalue weighted by molar-refractivity contribution is 0.191. The Morgan fingerprint density at radius 3 is 2.71 bits per heavy atom. The van der Waals surface area contributed by atoms with Crippen LogP contribution in [0.1, 0.15) is 30.9 Å². The number of nitrogens with one attached hydrogen (secondary N) is 1. The summed E-state index contributed by atoms with van der Waals surface area (Å²) in [6.45, 7) is 2.31. The van der Waals surface area contributed by atoms with E-state index in [1.807, 2.05) is 0 Å². The third-order valence-corrected chi connectivity index (χ3v) is 4.84. The molecule has 2 heteroatoms. The summed E-state index contributed by atoms with van der Waals surface area (Å²) in [4.78, 5) is 2.55. The molecule has 0 radical (unpaired) electrons. The molecule has 2 unspecified atom stereocenters. The van der Waals surface area contributed by atoms with Crippen molar-refractivity contribution in [2.45, 2.75) is 25.3 Å². The number of nitrogens with zero attached hydrogens (tertiary/aromatic N) is 1. The fraction of sp³-hybridized carbons (Fsp3) is 0.474. The zero-order valence-corrected chi connectivity index (χ0v) is 13.2. The quantitative estimate of drug-likeness (QED) is 0.920. The lowest BCUT2D eigenvalue weighted by Gasteiger charge is -2.33. The van der Waals surface area contributed by atoms with Crippen molar-refractivity contribution in [2.75, 3.05) is 27.2 Å². The molecule has 0 aromatic heterocycles. The molecule has 0 spiro atoms. The molecule has 1 N–H and O–H groups in total. The molecule has 2 aromatic carbocycles. The highest BCUT2D eigenvalue weighted by Gasteiger charge is 2.28. The minimum Gasteiger partial charge on any atom is -0.319 e. The highest BCUT2D eigenvalue weighted by molar-refractivity contribution is 5.83. The first-order valence-corrected chi connectivity index (χ1v) is 8.13. The molecule has 2 nitrogen and oxygen atoms in total. The van der Waals surface area contributed by atoms with Crippen LogP contribution >= 0.6 is 0 Å². The van der Waals surface area contributed by atoms with Gasteiger partial charge in [-0.1, -0.05) is 42.8 Å². The molecule has 1 aliphatic heterocycles. The summed E-state index contributed by atoms with van der Waals surface area (Å²) < 4.78 is 0. The predicted molar refractivity (Wildman–Crippen MR) is 90.6 cm³/mol. The second-order valence-electron chi connectivity index (χ2n) is 6.35. The average molecular weight is 282 g/mol. The number of hydrogen-bond donors (Lipinski definition) is 1. The molecule has 0 bridgehead atoms. The molecule has 1 aliphatic rings. The van der Waals surface area contributed by atoms with E-state index in [-0.39, 0.29) is 0 Å². The molecule has 0 saturated carbocycles. The second kappa shape index (κ2) is 6.59. The van der Waals surface area contributed by atoms with Gasteiger partial charge in [-0.25, -0.2) is 0 Å². The molecule has 1 heterocycles. The van der Waals surface area contributed by atoms with Crippen LogP contribution in [0, 0.1) is 5.92 Å². The topological polar surface area (TPSA) is 15.3 Å². The Morgan fingerprint density at radius 2 is 1.90 bits per heavy atom. The summed E-state index contributed by atoms with van der Waals surface area (Å²) >= 11 is 0. The summed E-state index contributed by atoms with van der Waals surface area (Å²) in [6, 6.07) is 16.2. The van der Waals surface area contributed by atoms with Crippen molar-refractivity contribution in [2.24, 2.45) is 5.92 Å². The van der Waals surface area contributed by atoms with Gasteiger partial charge < -0.3 is 5.32 Å². The Balaban J connectivity index is 1.98. The van der Waals surface area contributed by atoms with Crippen molar-refractivity contribution in [3.8, 4) is 0 Å². The molecule has 2 aromatic rings. The van der Waals surface area contributed by atoms with Crippen molar-refractivity contribution in [1.29, 1.82) is 0 Å². The van der Waals surface area contributed by atoms with Gasteiger partial charge in [-0.05, 0) is 68.3 Å². The number of hydrogen-bond acceptors (Lipinski definition) is 2. The lowest BCUT2D eigenvalue weighted by atomic mass is 9.88. The van der Waals surface area contributed by atoms with Crippen LogP contribution in [0.25, 0.3) is 10.8 Å². The Hall–Kier alpha value is -1.38. The molecule has 21 heavy (non-hydrogen) atoms. The maximum Gasteiger partial charge on any atom is 0.0385 e. The van der Waals surface area contributed by atoms with Crippen molar-refractivity contribution in [3.05, 3.63) is 48.0 Å². The molecule has 1 saturated heterocycles. The van der Waals surface area contributed by atoms with Gasteiger partial charge >= 0.3 is 0 Å². The van der Waals surface area contributed by atoms with E-state index in [2.05, 4.69) is 66.8 Å². The van der Waals surface area contributed by atoms with Gasteiger partial charge in [0.2, 0.25) is 0 Å². The molecular formula is C19H26N2. The fourth-order valence-corrected chi connectivity index (χ4v) is 3.82. The summed E-state index contributed by atoms with van der Waals surface area (Å²) in [5, 5.41) is 6.09. The maximum absolute atomic E-state index is 3.40. The van der Waals surface area contributed by atoms with Crippen LogP contribution in [0.15, 0.2) is 42.5 Å². The van der Waals surface area contributed by atoms with Gasteiger partial charge in [0.1, 0.15) is 0 Å². The number of benzene rings is 2. The van der Waals surface area contributed by atoms with Gasteiger partial charge in [0.15, 0.2) is 0 Å². The van der Waals surface area contributed by atoms with E-state index in [0.29, 0.717) is 12.0 Å². The molecule has 0 amide bonds. The second-order valence-corrected chi connectivity index (χ2v) is 6.35. The van der Waals surface area contributed by atoms with E-state index in [4.69, 9.17) is 0 Å². The first kappa shape index (κ1) is 14.6. The lowest BCUT2D eigenvalue weighted by Crippen LogP contribution is -2.33. The number of fused-ring (bicyclic) bond motifs is 1. The van der Waals surface area contributed by atoms with Gasteiger partial charge in [0, 0.05) is 6.04 Å². The number of likely N-dealkylation sites (tertiary alicyclic amines) is 1. The van der Waals surface area contributed by atoms with Crippen LogP contribution in [-0.4, -0.2) is 32.1 Å². The van der Waals surface area contributed by atoms with E-state index >= 15 is 0 Å². The largest absolute Gasteiger partial charge is 0.319 e. The van der Waals surface area contributed by atoms with E-state index in [0.717, 1.165) is 6.54 Å². The molecule has 2 atom stereocenters. The van der Waals surface area contributed by atoms with Crippen LogP contribution in [-0.2, 0) is 0 Å². The van der Waals surface area contributed by atoms with Crippen LogP contribution in [0.4, 0.5) is 0 Å². The Labute approximate surface area is 128 Å². The zero-order valence-electron chi connectivity index (χ0n) is 13.2. The fourth-order valence-electron chi connectivity index (χ4n) is 3.82. The van der Waals surface area contributed by atoms with Crippen LogP contribution in [0.2, 0.25) is 0 Å². The van der Waals surface area contributed by atoms with Crippen LogP contribution in [0.5, 0.6) is 0 Å². The zero-order chi connectivity index (χ0) is 14.7. The van der Waals surface area contributed by atoms with Gasteiger partial charge in [-0.2, -0.15) is 0 Å². The van der Waals surface area contributed by atoms with Crippen molar-refractivity contribution >= 4 is 10.8 Å².